The number of hydrogen-bond acceptors (Lipinski definition) is 1. The Kier molecular flexibility index (Phi) is 18.5. The third-order valence-corrected chi connectivity index (χ3v) is 6.21. The molecule has 0 aromatic heterocycles. The van der Waals surface area contributed by atoms with Crippen molar-refractivity contribution in [1.82, 2.24) is 0 Å². The van der Waals surface area contributed by atoms with Gasteiger partial charge in [0.2, 0.25) is 0 Å². The second-order valence-electron chi connectivity index (χ2n) is 9.17. The normalized spacial score (nSPS) is 12.0. The van der Waals surface area contributed by atoms with Crippen LogP contribution in [0.4, 0.5) is 0 Å². The van der Waals surface area contributed by atoms with Crippen molar-refractivity contribution in [2.45, 2.75) is 122 Å². The van der Waals surface area contributed by atoms with Gasteiger partial charge >= 0.3 is 5.97 Å². The smallest absolute Gasteiger partial charge is 0.331 e. The zero-order valence-electron chi connectivity index (χ0n) is 20.7. The number of carboxylic acid groups (broad SMARTS) is 1. The largest absolute Gasteiger partial charge is 0.478 e. The van der Waals surface area contributed by atoms with Gasteiger partial charge < -0.3 is 5.11 Å². The van der Waals surface area contributed by atoms with E-state index in [2.05, 4.69) is 6.92 Å². The standard InChI is InChI=1S/C30H48O2/c1-2-3-4-5-6-7-8-9-10-11-12-13-14-15-16-17-21-26-29(30(31)32)27-22-25-28-23-19-18-20-24-28/h18-20,22-25,27H,2-17,21,26H2,1H3,(H,31,32). The van der Waals surface area contributed by atoms with Crippen molar-refractivity contribution in [1.29, 1.82) is 0 Å². The van der Waals surface area contributed by atoms with E-state index in [4.69, 9.17) is 0 Å². The van der Waals surface area contributed by atoms with Crippen LogP contribution in [0.2, 0.25) is 0 Å². The molecule has 1 N–H and O–H groups in total. The van der Waals surface area contributed by atoms with Crippen LogP contribution in [-0.4, -0.2) is 11.1 Å². The number of carboxylic acids is 1. The van der Waals surface area contributed by atoms with E-state index in [9.17, 15) is 9.90 Å². The summed E-state index contributed by atoms with van der Waals surface area (Å²) >= 11 is 0. The molecule has 2 nitrogen and oxygen atoms in total. The van der Waals surface area contributed by atoms with Crippen molar-refractivity contribution < 1.29 is 9.90 Å². The second kappa shape index (κ2) is 21.0. The van der Waals surface area contributed by atoms with Crippen LogP contribution in [0.25, 0.3) is 6.08 Å². The summed E-state index contributed by atoms with van der Waals surface area (Å²) in [5.74, 6) is -0.792. The molecule has 0 saturated heterocycles. The maximum atomic E-state index is 11.4. The van der Waals surface area contributed by atoms with Gasteiger partial charge in [-0.2, -0.15) is 0 Å². The quantitative estimate of drug-likeness (QED) is 0.117. The molecule has 0 aliphatic heterocycles. The first-order valence-corrected chi connectivity index (χ1v) is 13.4. The summed E-state index contributed by atoms with van der Waals surface area (Å²) in [6.07, 6.45) is 29.1. The molecule has 0 aliphatic carbocycles. The molecule has 180 valence electrons. The summed E-state index contributed by atoms with van der Waals surface area (Å²) in [5.41, 5.74) is 1.60. The highest BCUT2D eigenvalue weighted by Crippen LogP contribution is 2.16. The molecule has 0 aliphatic rings. The van der Waals surface area contributed by atoms with E-state index in [0.29, 0.717) is 12.0 Å². The third-order valence-electron chi connectivity index (χ3n) is 6.21. The van der Waals surface area contributed by atoms with E-state index in [1.165, 1.54) is 96.3 Å². The van der Waals surface area contributed by atoms with E-state index in [0.717, 1.165) is 18.4 Å². The number of allylic oxidation sites excluding steroid dienone is 2. The highest BCUT2D eigenvalue weighted by atomic mass is 16.4. The number of aliphatic carboxylic acids is 1. The summed E-state index contributed by atoms with van der Waals surface area (Å²) in [5, 5.41) is 9.40. The topological polar surface area (TPSA) is 37.3 Å². The van der Waals surface area contributed by atoms with Crippen LogP contribution in [0.1, 0.15) is 128 Å². The SMILES string of the molecule is CCCCCCCCCCCCCCCCCCCC(=CC=Cc1ccccc1)C(=O)O. The number of rotatable bonds is 21. The van der Waals surface area contributed by atoms with E-state index in [1.54, 1.807) is 6.08 Å². The Morgan fingerprint density at radius 2 is 1.12 bits per heavy atom. The van der Waals surface area contributed by atoms with Gasteiger partial charge in [-0.05, 0) is 18.4 Å². The Morgan fingerprint density at radius 3 is 1.56 bits per heavy atom. The van der Waals surface area contributed by atoms with Crippen molar-refractivity contribution in [2.24, 2.45) is 0 Å². The lowest BCUT2D eigenvalue weighted by atomic mass is 10.0. The molecule has 0 saturated carbocycles. The van der Waals surface area contributed by atoms with Gasteiger partial charge in [0.25, 0.3) is 0 Å². The zero-order chi connectivity index (χ0) is 23.1. The summed E-state index contributed by atoms with van der Waals surface area (Å²) in [7, 11) is 0. The fourth-order valence-electron chi connectivity index (χ4n) is 4.14. The minimum absolute atomic E-state index is 0.512. The molecule has 1 aromatic rings. The second-order valence-corrected chi connectivity index (χ2v) is 9.17. The predicted octanol–water partition coefficient (Wildman–Crippen LogP) is 9.75. The van der Waals surface area contributed by atoms with Crippen molar-refractivity contribution in [2.75, 3.05) is 0 Å². The average molecular weight is 441 g/mol. The molecular weight excluding hydrogens is 392 g/mol. The average Bonchev–Trinajstić information content (AvgIpc) is 2.80. The summed E-state index contributed by atoms with van der Waals surface area (Å²) in [6.45, 7) is 2.28. The van der Waals surface area contributed by atoms with Gasteiger partial charge in [0, 0.05) is 5.57 Å². The van der Waals surface area contributed by atoms with Gasteiger partial charge in [-0.1, -0.05) is 158 Å². The maximum Gasteiger partial charge on any atom is 0.331 e. The highest BCUT2D eigenvalue weighted by molar-refractivity contribution is 5.87. The van der Waals surface area contributed by atoms with Crippen LogP contribution in [0.3, 0.4) is 0 Å². The van der Waals surface area contributed by atoms with E-state index >= 15 is 0 Å². The van der Waals surface area contributed by atoms with E-state index in [-0.39, 0.29) is 0 Å². The lowest BCUT2D eigenvalue weighted by Gasteiger charge is -2.04. The van der Waals surface area contributed by atoms with Gasteiger partial charge in [-0.3, -0.25) is 0 Å². The van der Waals surface area contributed by atoms with Crippen LogP contribution in [0.15, 0.2) is 48.1 Å². The molecule has 1 rings (SSSR count). The molecule has 0 spiro atoms. The van der Waals surface area contributed by atoms with Crippen LogP contribution in [0, 0.1) is 0 Å². The van der Waals surface area contributed by atoms with Gasteiger partial charge in [0.05, 0.1) is 0 Å². The minimum atomic E-state index is -0.792. The molecule has 0 unspecified atom stereocenters. The van der Waals surface area contributed by atoms with Crippen molar-refractivity contribution in [3.63, 3.8) is 0 Å². The van der Waals surface area contributed by atoms with Crippen LogP contribution >= 0.6 is 0 Å². The molecule has 32 heavy (non-hydrogen) atoms. The van der Waals surface area contributed by atoms with Gasteiger partial charge in [0.1, 0.15) is 0 Å². The Bertz CT molecular complexity index is 615. The predicted molar refractivity (Wildman–Crippen MR) is 140 cm³/mol. The molecular formula is C30H48O2. The molecule has 0 amide bonds. The maximum absolute atomic E-state index is 11.4. The van der Waals surface area contributed by atoms with Crippen molar-refractivity contribution in [3.05, 3.63) is 53.6 Å². The lowest BCUT2D eigenvalue weighted by Crippen LogP contribution is -2.00. The van der Waals surface area contributed by atoms with E-state index < -0.39 is 5.97 Å². The number of unbranched alkanes of at least 4 members (excludes halogenated alkanes) is 16. The van der Waals surface area contributed by atoms with Gasteiger partial charge in [0.15, 0.2) is 0 Å². The Hall–Kier alpha value is -1.83. The number of hydrogen-bond donors (Lipinski definition) is 1. The molecule has 0 heterocycles. The monoisotopic (exact) mass is 440 g/mol. The highest BCUT2D eigenvalue weighted by Gasteiger charge is 2.05. The van der Waals surface area contributed by atoms with Crippen LogP contribution in [-0.2, 0) is 4.79 Å². The number of carbonyl (C=O) groups is 1. The number of benzene rings is 1. The third kappa shape index (κ3) is 16.8. The Morgan fingerprint density at radius 1 is 0.688 bits per heavy atom. The lowest BCUT2D eigenvalue weighted by molar-refractivity contribution is -0.132. The molecule has 0 radical (unpaired) electrons. The van der Waals surface area contributed by atoms with Crippen LogP contribution < -0.4 is 0 Å². The van der Waals surface area contributed by atoms with E-state index in [1.807, 2.05) is 42.5 Å². The van der Waals surface area contributed by atoms with Crippen molar-refractivity contribution in [3.8, 4) is 0 Å². The zero-order valence-corrected chi connectivity index (χ0v) is 20.7. The Labute approximate surface area is 198 Å². The first-order chi connectivity index (χ1) is 15.7. The van der Waals surface area contributed by atoms with Crippen LogP contribution in [0.5, 0.6) is 0 Å². The Balaban J connectivity index is 1.94. The minimum Gasteiger partial charge on any atom is -0.478 e. The molecule has 1 aromatic carbocycles. The van der Waals surface area contributed by atoms with Gasteiger partial charge in [-0.25, -0.2) is 4.79 Å². The summed E-state index contributed by atoms with van der Waals surface area (Å²) in [6, 6.07) is 9.98. The summed E-state index contributed by atoms with van der Waals surface area (Å²) in [4.78, 5) is 11.4. The van der Waals surface area contributed by atoms with Crippen molar-refractivity contribution >= 4 is 12.0 Å². The van der Waals surface area contributed by atoms with Gasteiger partial charge in [-0.15, -0.1) is 0 Å². The molecule has 0 atom stereocenters. The fraction of sp³-hybridized carbons (Fsp3) is 0.633. The first kappa shape index (κ1) is 28.2. The molecule has 0 fully saturated rings. The molecule has 2 heteroatoms. The summed E-state index contributed by atoms with van der Waals surface area (Å²) < 4.78 is 0. The fourth-order valence-corrected chi connectivity index (χ4v) is 4.14. The first-order valence-electron chi connectivity index (χ1n) is 13.4. The molecule has 0 bridgehead atoms.